The predicted octanol–water partition coefficient (Wildman–Crippen LogP) is 3.78. The van der Waals surface area contributed by atoms with E-state index in [4.69, 9.17) is 4.42 Å². The average Bonchev–Trinajstić information content (AvgIpc) is 3.26. The van der Waals surface area contributed by atoms with E-state index in [1.54, 1.807) is 30.3 Å². The van der Waals surface area contributed by atoms with E-state index in [0.717, 1.165) is 0 Å². The number of hydrogen-bond acceptors (Lipinski definition) is 4. The molecule has 6 heteroatoms. The van der Waals surface area contributed by atoms with Crippen molar-refractivity contribution in [2.45, 2.75) is 0 Å². The molecular weight excluding hydrogens is 306 g/mol. The fraction of sp³-hybridized carbons (Fsp3) is 0. The van der Waals surface area contributed by atoms with Crippen LogP contribution in [0.3, 0.4) is 0 Å². The van der Waals surface area contributed by atoms with E-state index < -0.39 is 0 Å². The maximum absolute atomic E-state index is 12.6. The molecule has 0 saturated heterocycles. The SMILES string of the molecule is O=C(Nc1ccccc1)c1ccc(O)c2[nH]c(-c3ccco3)nc12. The standard InChI is InChI=1S/C18H13N3O3/c22-13-9-8-12(18(23)19-11-5-2-1-3-6-11)15-16(13)21-17(20-15)14-7-4-10-24-14/h1-10,22H,(H,19,23)(H,20,21). The first-order valence-electron chi connectivity index (χ1n) is 7.34. The van der Waals surface area contributed by atoms with Crippen LogP contribution in [0, 0.1) is 0 Å². The van der Waals surface area contributed by atoms with Gasteiger partial charge in [-0.25, -0.2) is 4.98 Å². The molecule has 2 aromatic heterocycles. The number of fused-ring (bicyclic) bond motifs is 1. The fourth-order valence-corrected chi connectivity index (χ4v) is 2.51. The largest absolute Gasteiger partial charge is 0.506 e. The van der Waals surface area contributed by atoms with E-state index in [0.29, 0.717) is 33.9 Å². The van der Waals surface area contributed by atoms with Crippen molar-refractivity contribution in [1.29, 1.82) is 0 Å². The molecule has 1 amide bonds. The van der Waals surface area contributed by atoms with Crippen molar-refractivity contribution in [3.8, 4) is 17.3 Å². The average molecular weight is 319 g/mol. The molecule has 4 aromatic rings. The van der Waals surface area contributed by atoms with Gasteiger partial charge >= 0.3 is 0 Å². The van der Waals surface area contributed by atoms with E-state index >= 15 is 0 Å². The Labute approximate surface area is 136 Å². The maximum Gasteiger partial charge on any atom is 0.257 e. The lowest BCUT2D eigenvalue weighted by molar-refractivity contribution is 0.102. The van der Waals surface area contributed by atoms with Crippen LogP contribution in [-0.4, -0.2) is 21.0 Å². The molecule has 2 aromatic carbocycles. The zero-order valence-corrected chi connectivity index (χ0v) is 12.5. The summed E-state index contributed by atoms with van der Waals surface area (Å²) in [5.41, 5.74) is 1.82. The number of amides is 1. The smallest absolute Gasteiger partial charge is 0.257 e. The number of carbonyl (C=O) groups excluding carboxylic acids is 1. The number of nitrogens with zero attached hydrogens (tertiary/aromatic N) is 1. The number of H-pyrrole nitrogens is 1. The van der Waals surface area contributed by atoms with Gasteiger partial charge in [-0.05, 0) is 36.4 Å². The third kappa shape index (κ3) is 2.40. The van der Waals surface area contributed by atoms with Gasteiger partial charge in [0.1, 0.15) is 16.8 Å². The Bertz CT molecular complexity index is 1000. The number of aromatic nitrogens is 2. The summed E-state index contributed by atoms with van der Waals surface area (Å²) in [5, 5.41) is 12.9. The normalized spacial score (nSPS) is 10.8. The number of rotatable bonds is 3. The van der Waals surface area contributed by atoms with Gasteiger partial charge in [0, 0.05) is 5.69 Å². The van der Waals surface area contributed by atoms with Gasteiger partial charge in [0.25, 0.3) is 5.91 Å². The highest BCUT2D eigenvalue weighted by Gasteiger charge is 2.18. The van der Waals surface area contributed by atoms with E-state index in [2.05, 4.69) is 15.3 Å². The molecule has 0 aliphatic rings. The molecule has 0 spiro atoms. The van der Waals surface area contributed by atoms with Crippen LogP contribution in [0.5, 0.6) is 5.75 Å². The Balaban J connectivity index is 1.78. The molecule has 6 nitrogen and oxygen atoms in total. The first-order chi connectivity index (χ1) is 11.7. The molecule has 0 aliphatic heterocycles. The highest BCUT2D eigenvalue weighted by atomic mass is 16.3. The van der Waals surface area contributed by atoms with Crippen LogP contribution < -0.4 is 5.32 Å². The number of para-hydroxylation sites is 1. The second-order valence-electron chi connectivity index (χ2n) is 5.24. The van der Waals surface area contributed by atoms with Crippen molar-refractivity contribution in [1.82, 2.24) is 9.97 Å². The number of nitrogens with one attached hydrogen (secondary N) is 2. The van der Waals surface area contributed by atoms with E-state index in [-0.39, 0.29) is 11.7 Å². The Morgan fingerprint density at radius 3 is 2.67 bits per heavy atom. The lowest BCUT2D eigenvalue weighted by atomic mass is 10.1. The zero-order valence-electron chi connectivity index (χ0n) is 12.5. The third-order valence-corrected chi connectivity index (χ3v) is 3.65. The summed E-state index contributed by atoms with van der Waals surface area (Å²) in [6.45, 7) is 0. The summed E-state index contributed by atoms with van der Waals surface area (Å²) in [4.78, 5) is 20.0. The number of phenols is 1. The molecule has 0 aliphatic carbocycles. The van der Waals surface area contributed by atoms with Crippen LogP contribution in [0.25, 0.3) is 22.6 Å². The van der Waals surface area contributed by atoms with Crippen LogP contribution in [0.15, 0.2) is 65.3 Å². The van der Waals surface area contributed by atoms with Crippen LogP contribution in [0.2, 0.25) is 0 Å². The Morgan fingerprint density at radius 2 is 1.92 bits per heavy atom. The van der Waals surface area contributed by atoms with Crippen LogP contribution >= 0.6 is 0 Å². The minimum atomic E-state index is -0.302. The van der Waals surface area contributed by atoms with Crippen molar-refractivity contribution in [2.75, 3.05) is 5.32 Å². The van der Waals surface area contributed by atoms with Gasteiger partial charge in [0.05, 0.1) is 11.8 Å². The van der Waals surface area contributed by atoms with E-state index in [1.807, 2.05) is 18.2 Å². The monoisotopic (exact) mass is 319 g/mol. The Morgan fingerprint density at radius 1 is 1.08 bits per heavy atom. The van der Waals surface area contributed by atoms with Gasteiger partial charge in [-0.2, -0.15) is 0 Å². The van der Waals surface area contributed by atoms with E-state index in [9.17, 15) is 9.90 Å². The predicted molar refractivity (Wildman–Crippen MR) is 89.9 cm³/mol. The molecule has 3 N–H and O–H groups in total. The molecule has 0 fully saturated rings. The van der Waals surface area contributed by atoms with Gasteiger partial charge in [0.2, 0.25) is 0 Å². The van der Waals surface area contributed by atoms with Crippen LogP contribution in [-0.2, 0) is 0 Å². The molecule has 0 bridgehead atoms. The maximum atomic E-state index is 12.6. The van der Waals surface area contributed by atoms with Crippen LogP contribution in [0.1, 0.15) is 10.4 Å². The van der Waals surface area contributed by atoms with Gasteiger partial charge < -0.3 is 19.8 Å². The van der Waals surface area contributed by atoms with Crippen molar-refractivity contribution in [3.63, 3.8) is 0 Å². The minimum Gasteiger partial charge on any atom is -0.506 e. The molecule has 0 atom stereocenters. The van der Waals surface area contributed by atoms with Crippen molar-refractivity contribution in [2.24, 2.45) is 0 Å². The van der Waals surface area contributed by atoms with Gasteiger partial charge in [-0.3, -0.25) is 4.79 Å². The summed E-state index contributed by atoms with van der Waals surface area (Å²) in [6, 6.07) is 15.6. The molecule has 0 radical (unpaired) electrons. The lowest BCUT2D eigenvalue weighted by Crippen LogP contribution is -2.12. The van der Waals surface area contributed by atoms with Crippen LogP contribution in [0.4, 0.5) is 5.69 Å². The minimum absolute atomic E-state index is 0.0200. The number of imidazole rings is 1. The van der Waals surface area contributed by atoms with Gasteiger partial charge in [-0.1, -0.05) is 18.2 Å². The molecule has 24 heavy (non-hydrogen) atoms. The fourth-order valence-electron chi connectivity index (χ4n) is 2.51. The second-order valence-corrected chi connectivity index (χ2v) is 5.24. The summed E-state index contributed by atoms with van der Waals surface area (Å²) < 4.78 is 5.31. The number of hydrogen-bond donors (Lipinski definition) is 3. The summed E-state index contributed by atoms with van der Waals surface area (Å²) in [7, 11) is 0. The first-order valence-corrected chi connectivity index (χ1v) is 7.34. The van der Waals surface area contributed by atoms with Gasteiger partial charge in [-0.15, -0.1) is 0 Å². The molecule has 4 rings (SSSR count). The Hall–Kier alpha value is -3.54. The van der Waals surface area contributed by atoms with E-state index in [1.165, 1.54) is 12.3 Å². The molecule has 0 saturated carbocycles. The molecule has 0 unspecified atom stereocenters. The van der Waals surface area contributed by atoms with Crippen molar-refractivity contribution < 1.29 is 14.3 Å². The molecule has 2 heterocycles. The topological polar surface area (TPSA) is 91.2 Å². The number of anilines is 1. The van der Waals surface area contributed by atoms with Crippen molar-refractivity contribution in [3.05, 3.63) is 66.4 Å². The third-order valence-electron chi connectivity index (χ3n) is 3.65. The highest BCUT2D eigenvalue weighted by Crippen LogP contribution is 2.29. The second kappa shape index (κ2) is 5.58. The molecule has 118 valence electrons. The quantitative estimate of drug-likeness (QED) is 0.536. The zero-order chi connectivity index (χ0) is 16.5. The highest BCUT2D eigenvalue weighted by molar-refractivity contribution is 6.12. The number of benzene rings is 2. The number of furan rings is 1. The Kier molecular flexibility index (Phi) is 3.28. The van der Waals surface area contributed by atoms with Crippen molar-refractivity contribution >= 4 is 22.6 Å². The molecular formula is C18H13N3O3. The van der Waals surface area contributed by atoms with Gasteiger partial charge in [0.15, 0.2) is 11.6 Å². The number of phenolic OH excluding ortho intramolecular Hbond substituents is 1. The summed E-state index contributed by atoms with van der Waals surface area (Å²) in [5.74, 6) is 0.695. The summed E-state index contributed by atoms with van der Waals surface area (Å²) >= 11 is 0. The lowest BCUT2D eigenvalue weighted by Gasteiger charge is -2.06. The summed E-state index contributed by atoms with van der Waals surface area (Å²) in [6.07, 6.45) is 1.53. The number of aromatic amines is 1. The first kappa shape index (κ1) is 14.1. The number of carbonyl (C=O) groups is 1. The number of aromatic hydroxyl groups is 1.